The van der Waals surface area contributed by atoms with Crippen LogP contribution in [0.5, 0.6) is 0 Å². The summed E-state index contributed by atoms with van der Waals surface area (Å²) in [5, 5.41) is 6.19. The highest BCUT2D eigenvalue weighted by Crippen LogP contribution is 2.11. The lowest BCUT2D eigenvalue weighted by molar-refractivity contribution is 0.517. The molecule has 0 saturated carbocycles. The summed E-state index contributed by atoms with van der Waals surface area (Å²) in [6, 6.07) is -0.284. The van der Waals surface area contributed by atoms with E-state index < -0.39 is 10.0 Å². The highest BCUT2D eigenvalue weighted by atomic mass is 32.2. The third-order valence-corrected chi connectivity index (χ3v) is 4.17. The van der Waals surface area contributed by atoms with E-state index >= 15 is 0 Å². The number of nitrogens with zero attached hydrogens (tertiary/aromatic N) is 3. The van der Waals surface area contributed by atoms with Crippen LogP contribution in [0.15, 0.2) is 29.9 Å². The van der Waals surface area contributed by atoms with Crippen LogP contribution in [0, 0.1) is 0 Å². The summed E-state index contributed by atoms with van der Waals surface area (Å²) in [6.07, 6.45) is 6.45. The Hall–Kier alpha value is -1.71. The van der Waals surface area contributed by atoms with Crippen molar-refractivity contribution in [1.29, 1.82) is 0 Å². The lowest BCUT2D eigenvalue weighted by atomic mass is 10.4. The quantitative estimate of drug-likeness (QED) is 0.656. The van der Waals surface area contributed by atoms with Crippen LogP contribution in [0.2, 0.25) is 0 Å². The molecule has 9 heteroatoms. The van der Waals surface area contributed by atoms with Crippen LogP contribution in [0.4, 0.5) is 0 Å². The molecule has 4 N–H and O–H groups in total. The highest BCUT2D eigenvalue weighted by Gasteiger charge is 2.22. The molecular formula is C10H16N6O2S. The standard InChI is InChI=1S/C10H16N6O2S/c1-8(6-16-3-2-12-7-16)15-19(17,18)10-9(4-11)5-13-14-10/h2-3,5,7-8,15H,4,6,11H2,1H3,(H,13,14). The number of imidazole rings is 1. The lowest BCUT2D eigenvalue weighted by Crippen LogP contribution is -2.36. The molecular weight excluding hydrogens is 268 g/mol. The number of hydrogen-bond donors (Lipinski definition) is 3. The van der Waals surface area contributed by atoms with Crippen molar-refractivity contribution in [2.75, 3.05) is 0 Å². The molecule has 1 unspecified atom stereocenters. The van der Waals surface area contributed by atoms with Crippen molar-refractivity contribution >= 4 is 10.0 Å². The van der Waals surface area contributed by atoms with Gasteiger partial charge in [-0.25, -0.2) is 18.1 Å². The number of rotatable bonds is 6. The molecule has 0 aliphatic rings. The molecule has 19 heavy (non-hydrogen) atoms. The molecule has 0 aliphatic carbocycles. The number of hydrogen-bond acceptors (Lipinski definition) is 5. The van der Waals surface area contributed by atoms with E-state index in [1.165, 1.54) is 6.20 Å². The van der Waals surface area contributed by atoms with Crippen molar-refractivity contribution in [3.8, 4) is 0 Å². The van der Waals surface area contributed by atoms with Gasteiger partial charge in [0, 0.05) is 37.1 Å². The third kappa shape index (κ3) is 3.19. The summed E-state index contributed by atoms with van der Waals surface area (Å²) in [5.74, 6) is 0. The molecule has 0 fully saturated rings. The van der Waals surface area contributed by atoms with Crippen LogP contribution in [0.25, 0.3) is 0 Å². The summed E-state index contributed by atoms with van der Waals surface area (Å²) >= 11 is 0. The first-order valence-corrected chi connectivity index (χ1v) is 7.21. The van der Waals surface area contributed by atoms with E-state index in [4.69, 9.17) is 5.73 Å². The molecule has 2 rings (SSSR count). The first-order chi connectivity index (χ1) is 9.03. The monoisotopic (exact) mass is 284 g/mol. The molecule has 0 bridgehead atoms. The number of sulfonamides is 1. The van der Waals surface area contributed by atoms with Gasteiger partial charge in [0.25, 0.3) is 10.0 Å². The van der Waals surface area contributed by atoms with Crippen molar-refractivity contribution in [1.82, 2.24) is 24.5 Å². The number of aromatic amines is 1. The zero-order valence-electron chi connectivity index (χ0n) is 10.4. The minimum Gasteiger partial charge on any atom is -0.336 e. The van der Waals surface area contributed by atoms with Crippen LogP contribution >= 0.6 is 0 Å². The Morgan fingerprint density at radius 1 is 1.58 bits per heavy atom. The van der Waals surface area contributed by atoms with Crippen LogP contribution in [0.3, 0.4) is 0 Å². The van der Waals surface area contributed by atoms with E-state index in [2.05, 4.69) is 19.9 Å². The normalized spacial score (nSPS) is 13.6. The topological polar surface area (TPSA) is 119 Å². The molecule has 2 aromatic rings. The molecule has 0 aromatic carbocycles. The summed E-state index contributed by atoms with van der Waals surface area (Å²) in [4.78, 5) is 3.90. The maximum Gasteiger partial charge on any atom is 0.258 e. The minimum atomic E-state index is -3.64. The van der Waals surface area contributed by atoms with Crippen LogP contribution in [0.1, 0.15) is 12.5 Å². The van der Waals surface area contributed by atoms with Gasteiger partial charge in [0.1, 0.15) is 0 Å². The summed E-state index contributed by atoms with van der Waals surface area (Å²) in [6.45, 7) is 2.38. The van der Waals surface area contributed by atoms with Gasteiger partial charge in [-0.05, 0) is 6.92 Å². The smallest absolute Gasteiger partial charge is 0.258 e. The molecule has 2 heterocycles. The summed E-state index contributed by atoms with van der Waals surface area (Å²) in [5.41, 5.74) is 5.93. The number of aromatic nitrogens is 4. The van der Waals surface area contributed by atoms with Crippen molar-refractivity contribution in [3.63, 3.8) is 0 Å². The van der Waals surface area contributed by atoms with E-state index in [1.807, 2.05) is 0 Å². The Kier molecular flexibility index (Phi) is 3.98. The Bertz CT molecular complexity index is 618. The minimum absolute atomic E-state index is 0.0208. The molecule has 0 amide bonds. The van der Waals surface area contributed by atoms with E-state index in [0.29, 0.717) is 12.1 Å². The molecule has 0 aliphatic heterocycles. The van der Waals surface area contributed by atoms with Crippen molar-refractivity contribution < 1.29 is 8.42 Å². The molecule has 8 nitrogen and oxygen atoms in total. The zero-order chi connectivity index (χ0) is 13.9. The van der Waals surface area contributed by atoms with Gasteiger partial charge in [0.05, 0.1) is 12.5 Å². The second-order valence-corrected chi connectivity index (χ2v) is 5.86. The van der Waals surface area contributed by atoms with Gasteiger partial charge >= 0.3 is 0 Å². The second kappa shape index (κ2) is 5.51. The molecule has 0 saturated heterocycles. The molecule has 2 aromatic heterocycles. The van der Waals surface area contributed by atoms with Crippen LogP contribution in [-0.4, -0.2) is 34.2 Å². The SMILES string of the molecule is CC(Cn1ccnc1)NS(=O)(=O)c1[nH]ncc1CN. The third-order valence-electron chi connectivity index (χ3n) is 2.57. The fourth-order valence-corrected chi connectivity index (χ4v) is 3.13. The van der Waals surface area contributed by atoms with Crippen molar-refractivity contribution in [3.05, 3.63) is 30.5 Å². The van der Waals surface area contributed by atoms with Gasteiger partial charge in [0.15, 0.2) is 5.03 Å². The van der Waals surface area contributed by atoms with E-state index in [-0.39, 0.29) is 17.6 Å². The Balaban J connectivity index is 2.09. The molecule has 0 radical (unpaired) electrons. The van der Waals surface area contributed by atoms with Gasteiger partial charge < -0.3 is 10.3 Å². The van der Waals surface area contributed by atoms with Crippen LogP contribution < -0.4 is 10.5 Å². The Morgan fingerprint density at radius 2 is 2.37 bits per heavy atom. The highest BCUT2D eigenvalue weighted by molar-refractivity contribution is 7.89. The first-order valence-electron chi connectivity index (χ1n) is 5.73. The maximum atomic E-state index is 12.1. The summed E-state index contributed by atoms with van der Waals surface area (Å²) < 4.78 is 28.7. The van der Waals surface area contributed by atoms with Gasteiger partial charge in [-0.2, -0.15) is 5.10 Å². The van der Waals surface area contributed by atoms with Crippen molar-refractivity contribution in [2.24, 2.45) is 5.73 Å². The Labute approximate surface area is 111 Å². The van der Waals surface area contributed by atoms with E-state index in [9.17, 15) is 8.42 Å². The number of nitrogens with one attached hydrogen (secondary N) is 2. The maximum absolute atomic E-state index is 12.1. The molecule has 104 valence electrons. The average molecular weight is 284 g/mol. The van der Waals surface area contributed by atoms with Gasteiger partial charge in [-0.15, -0.1) is 0 Å². The largest absolute Gasteiger partial charge is 0.336 e. The van der Waals surface area contributed by atoms with E-state index in [0.717, 1.165) is 0 Å². The predicted octanol–water partition coefficient (Wildman–Crippen LogP) is -0.568. The zero-order valence-corrected chi connectivity index (χ0v) is 11.3. The average Bonchev–Trinajstić information content (AvgIpc) is 2.97. The second-order valence-electron chi connectivity index (χ2n) is 4.21. The Morgan fingerprint density at radius 3 is 3.00 bits per heavy atom. The fraction of sp³-hybridized carbons (Fsp3) is 0.400. The molecule has 1 atom stereocenters. The fourth-order valence-electron chi connectivity index (χ4n) is 1.75. The first kappa shape index (κ1) is 13.7. The summed E-state index contributed by atoms with van der Waals surface area (Å²) in [7, 11) is -3.64. The molecule has 0 spiro atoms. The van der Waals surface area contributed by atoms with Crippen molar-refractivity contribution in [2.45, 2.75) is 31.1 Å². The number of H-pyrrole nitrogens is 1. The number of nitrogens with two attached hydrogens (primary N) is 1. The van der Waals surface area contributed by atoms with Gasteiger partial charge in [0.2, 0.25) is 0 Å². The lowest BCUT2D eigenvalue weighted by Gasteiger charge is -2.14. The van der Waals surface area contributed by atoms with Crippen LogP contribution in [-0.2, 0) is 23.1 Å². The predicted molar refractivity (Wildman–Crippen MR) is 68.5 cm³/mol. The van der Waals surface area contributed by atoms with Gasteiger partial charge in [-0.1, -0.05) is 0 Å². The van der Waals surface area contributed by atoms with E-state index in [1.54, 1.807) is 30.2 Å². The van der Waals surface area contributed by atoms with Gasteiger partial charge in [-0.3, -0.25) is 5.10 Å².